The molecule has 2 aromatic rings. The van der Waals surface area contributed by atoms with E-state index in [1.165, 1.54) is 20.1 Å². The fraction of sp³-hybridized carbons (Fsp3) is 0.154. The van der Waals surface area contributed by atoms with Crippen molar-refractivity contribution in [3.05, 3.63) is 38.7 Å². The molecule has 6 nitrogen and oxygen atoms in total. The van der Waals surface area contributed by atoms with E-state index in [2.05, 4.69) is 15.9 Å². The van der Waals surface area contributed by atoms with Gasteiger partial charge in [-0.15, -0.1) is 0 Å². The number of rotatable bonds is 2. The molecule has 0 unspecified atom stereocenters. The first-order valence-electron chi connectivity index (χ1n) is 5.56. The van der Waals surface area contributed by atoms with E-state index in [0.717, 1.165) is 0 Å². The molecule has 2 rings (SSSR count). The standard InChI is InChI=1S/C13H10BrNO5/c1-6(16)15-12(17)8-5-7-9(14)3-4-10(19-2)11(7)20-13(8)18/h3-5H,1-2H3,(H,15,16,17). The zero-order chi connectivity index (χ0) is 14.9. The molecule has 2 amide bonds. The topological polar surface area (TPSA) is 85.6 Å². The molecule has 0 aliphatic heterocycles. The second-order valence-corrected chi connectivity index (χ2v) is 4.80. The zero-order valence-electron chi connectivity index (χ0n) is 10.7. The Bertz CT molecular complexity index is 765. The molecule has 20 heavy (non-hydrogen) atoms. The van der Waals surface area contributed by atoms with Crippen molar-refractivity contribution in [2.24, 2.45) is 0 Å². The van der Waals surface area contributed by atoms with E-state index >= 15 is 0 Å². The number of ether oxygens (including phenoxy) is 1. The van der Waals surface area contributed by atoms with Crippen LogP contribution in [0.25, 0.3) is 11.0 Å². The highest BCUT2D eigenvalue weighted by atomic mass is 79.9. The van der Waals surface area contributed by atoms with E-state index in [1.54, 1.807) is 12.1 Å². The number of carbonyl (C=O) groups is 2. The maximum atomic E-state index is 11.8. The Morgan fingerprint density at radius 3 is 2.65 bits per heavy atom. The highest BCUT2D eigenvalue weighted by Crippen LogP contribution is 2.31. The molecule has 0 aliphatic rings. The van der Waals surface area contributed by atoms with Crippen molar-refractivity contribution in [2.75, 3.05) is 7.11 Å². The van der Waals surface area contributed by atoms with Crippen LogP contribution >= 0.6 is 15.9 Å². The van der Waals surface area contributed by atoms with Gasteiger partial charge in [0.05, 0.1) is 7.11 Å². The number of fused-ring (bicyclic) bond motifs is 1. The molecule has 1 N–H and O–H groups in total. The summed E-state index contributed by atoms with van der Waals surface area (Å²) >= 11 is 3.30. The molecule has 1 aromatic heterocycles. The first-order valence-corrected chi connectivity index (χ1v) is 6.35. The lowest BCUT2D eigenvalue weighted by molar-refractivity contribution is -0.118. The first kappa shape index (κ1) is 14.3. The van der Waals surface area contributed by atoms with Crippen molar-refractivity contribution in [3.8, 4) is 5.75 Å². The normalized spacial score (nSPS) is 10.3. The van der Waals surface area contributed by atoms with Crippen LogP contribution in [0.3, 0.4) is 0 Å². The van der Waals surface area contributed by atoms with Gasteiger partial charge in [-0.3, -0.25) is 14.9 Å². The van der Waals surface area contributed by atoms with Gasteiger partial charge in [0, 0.05) is 16.8 Å². The number of benzene rings is 1. The van der Waals surface area contributed by atoms with Crippen LogP contribution in [0, 0.1) is 0 Å². The predicted molar refractivity (Wildman–Crippen MR) is 74.9 cm³/mol. The molecule has 1 aromatic carbocycles. The number of hydrogen-bond donors (Lipinski definition) is 1. The molecule has 0 radical (unpaired) electrons. The predicted octanol–water partition coefficient (Wildman–Crippen LogP) is 1.84. The molecule has 0 bridgehead atoms. The third-order valence-electron chi connectivity index (χ3n) is 2.56. The summed E-state index contributed by atoms with van der Waals surface area (Å²) < 4.78 is 10.8. The van der Waals surface area contributed by atoms with Crippen LogP contribution in [0.5, 0.6) is 5.75 Å². The molecule has 0 saturated heterocycles. The molecule has 0 aliphatic carbocycles. The summed E-state index contributed by atoms with van der Waals surface area (Å²) in [7, 11) is 1.44. The van der Waals surface area contributed by atoms with Gasteiger partial charge >= 0.3 is 5.63 Å². The van der Waals surface area contributed by atoms with Gasteiger partial charge in [-0.25, -0.2) is 4.79 Å². The fourth-order valence-corrected chi connectivity index (χ4v) is 2.12. The maximum Gasteiger partial charge on any atom is 0.349 e. The van der Waals surface area contributed by atoms with Crippen molar-refractivity contribution in [1.29, 1.82) is 0 Å². The van der Waals surface area contributed by atoms with Crippen LogP contribution in [-0.4, -0.2) is 18.9 Å². The second-order valence-electron chi connectivity index (χ2n) is 3.95. The maximum absolute atomic E-state index is 11.8. The lowest BCUT2D eigenvalue weighted by atomic mass is 10.1. The molecular formula is C13H10BrNO5. The molecule has 0 saturated carbocycles. The third kappa shape index (κ3) is 2.57. The number of imide groups is 1. The van der Waals surface area contributed by atoms with E-state index in [4.69, 9.17) is 9.15 Å². The van der Waals surface area contributed by atoms with Crippen LogP contribution in [0.2, 0.25) is 0 Å². The summed E-state index contributed by atoms with van der Waals surface area (Å²) in [5.74, 6) is -0.985. The molecular weight excluding hydrogens is 330 g/mol. The van der Waals surface area contributed by atoms with Crippen molar-refractivity contribution >= 4 is 38.7 Å². The summed E-state index contributed by atoms with van der Waals surface area (Å²) in [4.78, 5) is 34.4. The highest BCUT2D eigenvalue weighted by Gasteiger charge is 2.17. The Labute approximate surface area is 121 Å². The lowest BCUT2D eigenvalue weighted by Gasteiger charge is -2.07. The van der Waals surface area contributed by atoms with Crippen LogP contribution in [-0.2, 0) is 4.79 Å². The van der Waals surface area contributed by atoms with Gasteiger partial charge < -0.3 is 9.15 Å². The van der Waals surface area contributed by atoms with E-state index in [9.17, 15) is 14.4 Å². The SMILES string of the molecule is COc1ccc(Br)c2cc(C(=O)NC(C)=O)c(=O)oc12. The summed E-state index contributed by atoms with van der Waals surface area (Å²) in [6, 6.07) is 4.69. The quantitative estimate of drug-likeness (QED) is 0.843. The summed E-state index contributed by atoms with van der Waals surface area (Å²) in [6.45, 7) is 1.18. The Kier molecular flexibility index (Phi) is 3.89. The van der Waals surface area contributed by atoms with Crippen molar-refractivity contribution in [3.63, 3.8) is 0 Å². The number of hydrogen-bond acceptors (Lipinski definition) is 5. The summed E-state index contributed by atoms with van der Waals surface area (Å²) in [5, 5.41) is 2.53. The second kappa shape index (κ2) is 5.46. The van der Waals surface area contributed by atoms with Gasteiger partial charge in [0.1, 0.15) is 5.56 Å². The Balaban J connectivity index is 2.69. The lowest BCUT2D eigenvalue weighted by Crippen LogP contribution is -2.31. The first-order chi connectivity index (χ1) is 9.43. The van der Waals surface area contributed by atoms with E-state index < -0.39 is 17.4 Å². The van der Waals surface area contributed by atoms with Gasteiger partial charge in [-0.1, -0.05) is 15.9 Å². The van der Waals surface area contributed by atoms with Crippen LogP contribution in [0.1, 0.15) is 17.3 Å². The molecule has 104 valence electrons. The van der Waals surface area contributed by atoms with E-state index in [-0.39, 0.29) is 11.1 Å². The monoisotopic (exact) mass is 339 g/mol. The minimum atomic E-state index is -0.840. The van der Waals surface area contributed by atoms with Crippen molar-refractivity contribution < 1.29 is 18.7 Å². The zero-order valence-corrected chi connectivity index (χ0v) is 12.2. The van der Waals surface area contributed by atoms with Crippen molar-refractivity contribution in [2.45, 2.75) is 6.92 Å². The van der Waals surface area contributed by atoms with Crippen LogP contribution < -0.4 is 15.7 Å². The fourth-order valence-electron chi connectivity index (χ4n) is 1.69. The Morgan fingerprint density at radius 1 is 1.35 bits per heavy atom. The van der Waals surface area contributed by atoms with Gasteiger partial charge in [-0.2, -0.15) is 0 Å². The smallest absolute Gasteiger partial charge is 0.349 e. The third-order valence-corrected chi connectivity index (χ3v) is 3.26. The number of carbonyl (C=O) groups excluding carboxylic acids is 2. The molecule has 1 heterocycles. The largest absolute Gasteiger partial charge is 0.493 e. The summed E-state index contributed by atoms with van der Waals surface area (Å²) in [6.07, 6.45) is 0. The average Bonchev–Trinajstić information content (AvgIpc) is 2.37. The molecule has 0 fully saturated rings. The van der Waals surface area contributed by atoms with E-state index in [0.29, 0.717) is 15.6 Å². The van der Waals surface area contributed by atoms with Gasteiger partial charge in [0.25, 0.3) is 5.91 Å². The van der Waals surface area contributed by atoms with Crippen LogP contribution in [0.15, 0.2) is 31.9 Å². The molecule has 0 spiro atoms. The number of amides is 2. The van der Waals surface area contributed by atoms with Crippen molar-refractivity contribution in [1.82, 2.24) is 5.32 Å². The highest BCUT2D eigenvalue weighted by molar-refractivity contribution is 9.10. The number of nitrogens with one attached hydrogen (secondary N) is 1. The number of methoxy groups -OCH3 is 1. The molecule has 7 heteroatoms. The van der Waals surface area contributed by atoms with Gasteiger partial charge in [-0.05, 0) is 18.2 Å². The molecule has 0 atom stereocenters. The minimum absolute atomic E-state index is 0.228. The van der Waals surface area contributed by atoms with Gasteiger partial charge in [0.2, 0.25) is 5.91 Å². The average molecular weight is 340 g/mol. The Morgan fingerprint density at radius 2 is 2.05 bits per heavy atom. The minimum Gasteiger partial charge on any atom is -0.493 e. The summed E-state index contributed by atoms with van der Waals surface area (Å²) in [5.41, 5.74) is -0.861. The number of halogens is 1. The van der Waals surface area contributed by atoms with Crippen LogP contribution in [0.4, 0.5) is 0 Å². The van der Waals surface area contributed by atoms with E-state index in [1.807, 2.05) is 5.32 Å². The van der Waals surface area contributed by atoms with Gasteiger partial charge in [0.15, 0.2) is 11.3 Å². The Hall–Kier alpha value is -2.15.